The van der Waals surface area contributed by atoms with E-state index in [2.05, 4.69) is 11.9 Å². The number of benzene rings is 1. The third-order valence-corrected chi connectivity index (χ3v) is 4.37. The van der Waals surface area contributed by atoms with E-state index >= 15 is 0 Å². The van der Waals surface area contributed by atoms with Gasteiger partial charge in [-0.05, 0) is 57.0 Å². The first-order valence-electron chi connectivity index (χ1n) is 6.70. The normalized spacial score (nSPS) is 31.3. The van der Waals surface area contributed by atoms with Crippen molar-refractivity contribution in [3.8, 4) is 5.75 Å². The molecule has 3 heteroatoms. The second-order valence-electron chi connectivity index (χ2n) is 5.45. The van der Waals surface area contributed by atoms with Crippen LogP contribution in [0.2, 0.25) is 0 Å². The van der Waals surface area contributed by atoms with Crippen molar-refractivity contribution in [1.82, 2.24) is 4.90 Å². The zero-order valence-corrected chi connectivity index (χ0v) is 10.7. The van der Waals surface area contributed by atoms with E-state index in [1.54, 1.807) is 0 Å². The van der Waals surface area contributed by atoms with Gasteiger partial charge in [-0.3, -0.25) is 4.79 Å². The number of rotatable bonds is 3. The summed E-state index contributed by atoms with van der Waals surface area (Å²) in [7, 11) is 2.23. The van der Waals surface area contributed by atoms with Crippen molar-refractivity contribution in [3.63, 3.8) is 0 Å². The predicted molar refractivity (Wildman–Crippen MR) is 70.1 cm³/mol. The molecule has 0 aromatic heterocycles. The van der Waals surface area contributed by atoms with Crippen LogP contribution < -0.4 is 4.74 Å². The summed E-state index contributed by atoms with van der Waals surface area (Å²) in [5.74, 6) is 0.884. The molecule has 0 saturated carbocycles. The average molecular weight is 245 g/mol. The highest BCUT2D eigenvalue weighted by molar-refractivity contribution is 5.74. The molecule has 0 amide bonds. The first-order valence-corrected chi connectivity index (χ1v) is 6.70. The van der Waals surface area contributed by atoms with E-state index in [0.29, 0.717) is 23.8 Å². The van der Waals surface area contributed by atoms with Crippen molar-refractivity contribution in [2.24, 2.45) is 0 Å². The van der Waals surface area contributed by atoms with Crippen LogP contribution in [0.15, 0.2) is 24.3 Å². The molecule has 2 aliphatic rings. The third-order valence-electron chi connectivity index (χ3n) is 4.37. The minimum Gasteiger partial charge on any atom is -0.490 e. The molecule has 0 spiro atoms. The Balaban J connectivity index is 1.64. The number of fused-ring (bicyclic) bond motifs is 2. The van der Waals surface area contributed by atoms with Gasteiger partial charge in [0.15, 0.2) is 0 Å². The fraction of sp³-hybridized carbons (Fsp3) is 0.533. The van der Waals surface area contributed by atoms with Gasteiger partial charge in [-0.15, -0.1) is 0 Å². The Morgan fingerprint density at radius 2 is 1.78 bits per heavy atom. The molecule has 2 fully saturated rings. The van der Waals surface area contributed by atoms with Crippen molar-refractivity contribution in [1.29, 1.82) is 0 Å². The molecule has 2 bridgehead atoms. The number of nitrogens with zero attached hydrogens (tertiary/aromatic N) is 1. The quantitative estimate of drug-likeness (QED) is 0.766. The highest BCUT2D eigenvalue weighted by atomic mass is 16.5. The van der Waals surface area contributed by atoms with Gasteiger partial charge in [-0.25, -0.2) is 0 Å². The van der Waals surface area contributed by atoms with E-state index in [9.17, 15) is 4.79 Å². The molecule has 0 radical (unpaired) electrons. The molecule has 1 aromatic rings. The number of hydrogen-bond donors (Lipinski definition) is 0. The Morgan fingerprint density at radius 3 is 2.33 bits per heavy atom. The predicted octanol–water partition coefficient (Wildman–Crippen LogP) is 2.50. The van der Waals surface area contributed by atoms with Gasteiger partial charge in [0.05, 0.1) is 0 Å². The first-order chi connectivity index (χ1) is 8.76. The molecule has 1 aromatic carbocycles. The summed E-state index contributed by atoms with van der Waals surface area (Å²) in [4.78, 5) is 13.1. The largest absolute Gasteiger partial charge is 0.490 e. The van der Waals surface area contributed by atoms with Crippen LogP contribution in [0.3, 0.4) is 0 Å². The second-order valence-corrected chi connectivity index (χ2v) is 5.45. The van der Waals surface area contributed by atoms with Crippen molar-refractivity contribution >= 4 is 6.29 Å². The summed E-state index contributed by atoms with van der Waals surface area (Å²) >= 11 is 0. The first kappa shape index (κ1) is 11.7. The zero-order chi connectivity index (χ0) is 12.5. The van der Waals surface area contributed by atoms with Crippen LogP contribution in [0.5, 0.6) is 5.75 Å². The summed E-state index contributed by atoms with van der Waals surface area (Å²) in [6, 6.07) is 8.80. The smallest absolute Gasteiger partial charge is 0.150 e. The third kappa shape index (κ3) is 2.15. The average Bonchev–Trinajstić information content (AvgIpc) is 2.63. The van der Waals surface area contributed by atoms with Gasteiger partial charge in [0.25, 0.3) is 0 Å². The van der Waals surface area contributed by atoms with Gasteiger partial charge in [0.2, 0.25) is 0 Å². The van der Waals surface area contributed by atoms with E-state index in [-0.39, 0.29) is 0 Å². The number of hydrogen-bond acceptors (Lipinski definition) is 3. The molecule has 2 atom stereocenters. The molecule has 18 heavy (non-hydrogen) atoms. The lowest BCUT2D eigenvalue weighted by atomic mass is 10.0. The fourth-order valence-corrected chi connectivity index (χ4v) is 3.28. The topological polar surface area (TPSA) is 29.5 Å². The number of ether oxygens (including phenoxy) is 1. The summed E-state index contributed by atoms with van der Waals surface area (Å²) in [5.41, 5.74) is 0.700. The van der Waals surface area contributed by atoms with Gasteiger partial charge in [0.1, 0.15) is 18.1 Å². The molecule has 2 saturated heterocycles. The summed E-state index contributed by atoms with van der Waals surface area (Å²) in [6.45, 7) is 0. The van der Waals surface area contributed by atoms with Crippen molar-refractivity contribution in [2.45, 2.75) is 43.9 Å². The van der Waals surface area contributed by atoms with Gasteiger partial charge >= 0.3 is 0 Å². The van der Waals surface area contributed by atoms with Gasteiger partial charge in [-0.1, -0.05) is 0 Å². The number of aldehydes is 1. The molecule has 3 rings (SSSR count). The molecule has 3 nitrogen and oxygen atoms in total. The van der Waals surface area contributed by atoms with Crippen LogP contribution in [-0.2, 0) is 0 Å². The maximum atomic E-state index is 10.6. The van der Waals surface area contributed by atoms with Gasteiger partial charge < -0.3 is 9.64 Å². The van der Waals surface area contributed by atoms with E-state index < -0.39 is 0 Å². The standard InChI is InChI=1S/C15H19NO2/c1-16-12-4-5-13(16)9-15(8-12)18-14-6-2-11(10-17)3-7-14/h2-3,6-7,10,12-13,15H,4-5,8-9H2,1H3. The van der Waals surface area contributed by atoms with Crippen LogP contribution in [0, 0.1) is 0 Å². The summed E-state index contributed by atoms with van der Waals surface area (Å²) < 4.78 is 6.04. The molecular formula is C15H19NO2. The van der Waals surface area contributed by atoms with Gasteiger partial charge in [0, 0.05) is 17.6 Å². The molecule has 2 unspecified atom stereocenters. The lowest BCUT2D eigenvalue weighted by Crippen LogP contribution is -2.43. The monoisotopic (exact) mass is 245 g/mol. The lowest BCUT2D eigenvalue weighted by Gasteiger charge is -2.36. The van der Waals surface area contributed by atoms with Crippen molar-refractivity contribution in [2.75, 3.05) is 7.05 Å². The molecular weight excluding hydrogens is 226 g/mol. The maximum Gasteiger partial charge on any atom is 0.150 e. The Hall–Kier alpha value is -1.35. The van der Waals surface area contributed by atoms with Crippen LogP contribution in [-0.4, -0.2) is 36.4 Å². The minimum atomic E-state index is 0.334. The molecule has 0 N–H and O–H groups in total. The lowest BCUT2D eigenvalue weighted by molar-refractivity contribution is 0.0662. The number of carbonyl (C=O) groups is 1. The number of piperidine rings is 1. The highest BCUT2D eigenvalue weighted by Crippen LogP contribution is 2.35. The fourth-order valence-electron chi connectivity index (χ4n) is 3.28. The SMILES string of the molecule is CN1C2CCC1CC(Oc1ccc(C=O)cc1)C2. The van der Waals surface area contributed by atoms with E-state index in [0.717, 1.165) is 24.9 Å². The maximum absolute atomic E-state index is 10.6. The molecule has 2 heterocycles. The van der Waals surface area contributed by atoms with Crippen molar-refractivity contribution < 1.29 is 9.53 Å². The Bertz CT molecular complexity index is 415. The molecule has 0 aliphatic carbocycles. The van der Waals surface area contributed by atoms with Crippen LogP contribution in [0.25, 0.3) is 0 Å². The minimum absolute atomic E-state index is 0.334. The summed E-state index contributed by atoms with van der Waals surface area (Å²) in [6.07, 6.45) is 6.07. The Kier molecular flexibility index (Phi) is 3.08. The van der Waals surface area contributed by atoms with Crippen LogP contribution >= 0.6 is 0 Å². The van der Waals surface area contributed by atoms with E-state index in [4.69, 9.17) is 4.74 Å². The second kappa shape index (κ2) is 4.73. The Labute approximate surface area is 108 Å². The molecule has 96 valence electrons. The number of carbonyl (C=O) groups excluding carboxylic acids is 1. The van der Waals surface area contributed by atoms with Gasteiger partial charge in [-0.2, -0.15) is 0 Å². The Morgan fingerprint density at radius 1 is 1.17 bits per heavy atom. The molecule has 2 aliphatic heterocycles. The summed E-state index contributed by atoms with van der Waals surface area (Å²) in [5, 5.41) is 0. The zero-order valence-electron chi connectivity index (χ0n) is 10.7. The van der Waals surface area contributed by atoms with Crippen LogP contribution in [0.4, 0.5) is 0 Å². The van der Waals surface area contributed by atoms with Crippen molar-refractivity contribution in [3.05, 3.63) is 29.8 Å². The highest BCUT2D eigenvalue weighted by Gasteiger charge is 2.39. The van der Waals surface area contributed by atoms with Crippen LogP contribution in [0.1, 0.15) is 36.0 Å². The van der Waals surface area contributed by atoms with E-state index in [1.807, 2.05) is 24.3 Å². The van der Waals surface area contributed by atoms with E-state index in [1.165, 1.54) is 12.8 Å².